The van der Waals surface area contributed by atoms with Crippen LogP contribution in [0.4, 0.5) is 0 Å². The Labute approximate surface area is 191 Å². The van der Waals surface area contributed by atoms with Crippen LogP contribution in [0.1, 0.15) is 66.7 Å². The van der Waals surface area contributed by atoms with Gasteiger partial charge in [0, 0.05) is 25.6 Å². The van der Waals surface area contributed by atoms with E-state index in [0.717, 1.165) is 50.9 Å². The van der Waals surface area contributed by atoms with Gasteiger partial charge in [-0.2, -0.15) is 0 Å². The molecule has 170 valence electrons. The Morgan fingerprint density at radius 1 is 0.969 bits per heavy atom. The summed E-state index contributed by atoms with van der Waals surface area (Å²) in [5, 5.41) is 21.6. The lowest BCUT2D eigenvalue weighted by atomic mass is 9.73. The van der Waals surface area contributed by atoms with Crippen LogP contribution >= 0.6 is 0 Å². The zero-order valence-electron chi connectivity index (χ0n) is 19.0. The lowest BCUT2D eigenvalue weighted by Crippen LogP contribution is -2.43. The fourth-order valence-electron chi connectivity index (χ4n) is 7.08. The van der Waals surface area contributed by atoms with Crippen molar-refractivity contribution in [3.63, 3.8) is 0 Å². The van der Waals surface area contributed by atoms with Gasteiger partial charge < -0.3 is 10.2 Å². The van der Waals surface area contributed by atoms with Crippen molar-refractivity contribution in [3.05, 3.63) is 70.8 Å². The molecule has 0 amide bonds. The summed E-state index contributed by atoms with van der Waals surface area (Å²) in [6.07, 6.45) is 6.05. The summed E-state index contributed by atoms with van der Waals surface area (Å²) in [7, 11) is 0. The number of likely N-dealkylation sites (tertiary alicyclic amines) is 1. The normalized spacial score (nSPS) is 28.0. The van der Waals surface area contributed by atoms with Crippen molar-refractivity contribution in [2.45, 2.75) is 63.5 Å². The molecular weight excluding hydrogens is 398 g/mol. The predicted octanol–water partition coefficient (Wildman–Crippen LogP) is 5.08. The fraction of sp³-hybridized carbons (Fsp3) is 0.536. The Morgan fingerprint density at radius 3 is 2.25 bits per heavy atom. The number of piperidine rings is 1. The van der Waals surface area contributed by atoms with E-state index in [-0.39, 0.29) is 5.92 Å². The zero-order valence-corrected chi connectivity index (χ0v) is 19.0. The zero-order chi connectivity index (χ0) is 22.3. The predicted molar refractivity (Wildman–Crippen MR) is 125 cm³/mol. The van der Waals surface area contributed by atoms with Gasteiger partial charge in [-0.05, 0) is 72.6 Å². The molecule has 1 heterocycles. The smallest absolute Gasteiger partial charge is 0.340 e. The molecule has 3 atom stereocenters. The van der Waals surface area contributed by atoms with Gasteiger partial charge >= 0.3 is 5.97 Å². The van der Waals surface area contributed by atoms with Crippen LogP contribution in [0.3, 0.4) is 0 Å². The second-order valence-corrected chi connectivity index (χ2v) is 10.4. The van der Waals surface area contributed by atoms with E-state index in [9.17, 15) is 15.0 Å². The molecule has 32 heavy (non-hydrogen) atoms. The molecule has 2 aromatic rings. The second kappa shape index (κ2) is 8.64. The van der Waals surface area contributed by atoms with E-state index in [4.69, 9.17) is 0 Å². The molecule has 4 nitrogen and oxygen atoms in total. The number of hydrogen-bond acceptors (Lipinski definition) is 3. The molecule has 5 rings (SSSR count). The van der Waals surface area contributed by atoms with Gasteiger partial charge in [-0.25, -0.2) is 4.79 Å². The third-order valence-corrected chi connectivity index (χ3v) is 8.58. The van der Waals surface area contributed by atoms with Crippen LogP contribution in [0.15, 0.2) is 48.5 Å². The molecule has 2 N–H and O–H groups in total. The molecular formula is C28H35NO3. The minimum absolute atomic E-state index is 0.196. The topological polar surface area (TPSA) is 60.8 Å². The number of aliphatic carboxylic acids is 1. The quantitative estimate of drug-likeness (QED) is 0.667. The highest BCUT2D eigenvalue weighted by molar-refractivity contribution is 5.80. The summed E-state index contributed by atoms with van der Waals surface area (Å²) in [6.45, 7) is 5.22. The van der Waals surface area contributed by atoms with Crippen molar-refractivity contribution in [1.29, 1.82) is 0 Å². The van der Waals surface area contributed by atoms with Gasteiger partial charge in [-0.1, -0.05) is 61.4 Å². The number of nitrogens with zero attached hydrogens (tertiary/aromatic N) is 1. The van der Waals surface area contributed by atoms with E-state index in [1.54, 1.807) is 0 Å². The van der Waals surface area contributed by atoms with Crippen molar-refractivity contribution in [3.8, 4) is 0 Å². The van der Waals surface area contributed by atoms with Crippen LogP contribution in [0.2, 0.25) is 0 Å². The van der Waals surface area contributed by atoms with Gasteiger partial charge in [0.05, 0.1) is 0 Å². The Bertz CT molecular complexity index is 954. The SMILES string of the molecule is Cc1c(C2C3CCC2CN(Cc2ccccc2)C3)cccc1C(O)(C(=O)O)C1CCCC1. The molecule has 2 aliphatic carbocycles. The Kier molecular flexibility index (Phi) is 5.85. The summed E-state index contributed by atoms with van der Waals surface area (Å²) < 4.78 is 0. The highest BCUT2D eigenvalue weighted by atomic mass is 16.4. The van der Waals surface area contributed by atoms with Crippen LogP contribution < -0.4 is 0 Å². The van der Waals surface area contributed by atoms with Gasteiger partial charge in [0.15, 0.2) is 5.60 Å². The van der Waals surface area contributed by atoms with Crippen LogP contribution in [-0.4, -0.2) is 34.2 Å². The van der Waals surface area contributed by atoms with Crippen molar-refractivity contribution in [1.82, 2.24) is 4.90 Å². The maximum absolute atomic E-state index is 12.3. The summed E-state index contributed by atoms with van der Waals surface area (Å²) in [5.41, 5.74) is 2.49. The molecule has 3 unspecified atom stereocenters. The molecule has 2 bridgehead atoms. The molecule has 4 heteroatoms. The monoisotopic (exact) mass is 433 g/mol. The lowest BCUT2D eigenvalue weighted by Gasteiger charge is -2.40. The van der Waals surface area contributed by atoms with E-state index in [2.05, 4.69) is 41.3 Å². The highest BCUT2D eigenvalue weighted by Gasteiger charge is 2.49. The maximum atomic E-state index is 12.3. The third kappa shape index (κ3) is 3.68. The molecule has 0 aromatic heterocycles. The summed E-state index contributed by atoms with van der Waals surface area (Å²) in [5.74, 6) is 0.360. The number of rotatable bonds is 6. The summed E-state index contributed by atoms with van der Waals surface area (Å²) in [4.78, 5) is 14.9. The van der Waals surface area contributed by atoms with Crippen LogP contribution in [0.5, 0.6) is 0 Å². The van der Waals surface area contributed by atoms with Crippen molar-refractivity contribution < 1.29 is 15.0 Å². The number of benzene rings is 2. The van der Waals surface area contributed by atoms with E-state index in [1.165, 1.54) is 24.0 Å². The lowest BCUT2D eigenvalue weighted by molar-refractivity contribution is -0.166. The first kappa shape index (κ1) is 21.7. The van der Waals surface area contributed by atoms with E-state index in [0.29, 0.717) is 23.3 Å². The number of aliphatic hydroxyl groups is 1. The Hall–Kier alpha value is -2.17. The number of carboxylic acid groups (broad SMARTS) is 1. The largest absolute Gasteiger partial charge is 0.479 e. The number of carbonyl (C=O) groups is 1. The Balaban J connectivity index is 1.42. The van der Waals surface area contributed by atoms with Crippen molar-refractivity contribution in [2.24, 2.45) is 17.8 Å². The minimum atomic E-state index is -1.77. The minimum Gasteiger partial charge on any atom is -0.479 e. The molecule has 2 saturated carbocycles. The van der Waals surface area contributed by atoms with Crippen LogP contribution in [0.25, 0.3) is 0 Å². The average Bonchev–Trinajstić information content (AvgIpc) is 3.41. The van der Waals surface area contributed by atoms with E-state index < -0.39 is 11.6 Å². The van der Waals surface area contributed by atoms with Gasteiger partial charge in [-0.15, -0.1) is 0 Å². The van der Waals surface area contributed by atoms with E-state index >= 15 is 0 Å². The molecule has 0 radical (unpaired) electrons. The number of carboxylic acids is 1. The van der Waals surface area contributed by atoms with Gasteiger partial charge in [0.1, 0.15) is 0 Å². The van der Waals surface area contributed by atoms with Crippen LogP contribution in [-0.2, 0) is 16.9 Å². The first-order valence-electron chi connectivity index (χ1n) is 12.3. The molecule has 2 aromatic carbocycles. The highest BCUT2D eigenvalue weighted by Crippen LogP contribution is 2.51. The molecule has 3 aliphatic rings. The molecule has 1 saturated heterocycles. The first-order valence-corrected chi connectivity index (χ1v) is 12.3. The molecule has 1 aliphatic heterocycles. The molecule has 0 spiro atoms. The van der Waals surface area contributed by atoms with Gasteiger partial charge in [-0.3, -0.25) is 4.90 Å². The van der Waals surface area contributed by atoms with Gasteiger partial charge in [0.25, 0.3) is 0 Å². The summed E-state index contributed by atoms with van der Waals surface area (Å²) >= 11 is 0. The average molecular weight is 434 g/mol. The molecule has 3 fully saturated rings. The van der Waals surface area contributed by atoms with E-state index in [1.807, 2.05) is 19.1 Å². The van der Waals surface area contributed by atoms with Crippen molar-refractivity contribution in [2.75, 3.05) is 13.1 Å². The van der Waals surface area contributed by atoms with Crippen LogP contribution in [0, 0.1) is 24.7 Å². The van der Waals surface area contributed by atoms with Gasteiger partial charge in [0.2, 0.25) is 0 Å². The standard InChI is InChI=1S/C28H35NO3/c1-19-24(12-7-13-25(19)28(32,27(30)31)23-10-5-6-11-23)26-21-14-15-22(26)18-29(17-21)16-20-8-3-2-4-9-20/h2-4,7-9,12-13,21-23,26,32H,5-6,10-11,14-18H2,1H3,(H,30,31). The summed E-state index contributed by atoms with van der Waals surface area (Å²) in [6, 6.07) is 16.7. The second-order valence-electron chi connectivity index (χ2n) is 10.4. The Morgan fingerprint density at radius 2 is 1.62 bits per heavy atom. The number of hydrogen-bond donors (Lipinski definition) is 2. The maximum Gasteiger partial charge on any atom is 0.340 e. The van der Waals surface area contributed by atoms with Crippen molar-refractivity contribution >= 4 is 5.97 Å². The first-order chi connectivity index (χ1) is 15.5. The number of fused-ring (bicyclic) bond motifs is 2. The fourth-order valence-corrected chi connectivity index (χ4v) is 7.08. The third-order valence-electron chi connectivity index (χ3n) is 8.58.